The maximum absolute atomic E-state index is 10.6. The minimum atomic E-state index is -0.854. The van der Waals surface area contributed by atoms with Crippen molar-refractivity contribution in [2.75, 3.05) is 18.1 Å². The molecule has 1 saturated heterocycles. The highest BCUT2D eigenvalue weighted by molar-refractivity contribution is 7.99. The van der Waals surface area contributed by atoms with Gasteiger partial charge in [-0.25, -0.2) is 4.79 Å². The molecule has 0 radical (unpaired) electrons. The van der Waals surface area contributed by atoms with Gasteiger partial charge in [0, 0.05) is 12.4 Å². The molecule has 1 aliphatic heterocycles. The van der Waals surface area contributed by atoms with Gasteiger partial charge < -0.3 is 14.9 Å². The third kappa shape index (κ3) is 3.86. The third-order valence-electron chi connectivity index (χ3n) is 2.13. The van der Waals surface area contributed by atoms with Crippen LogP contribution in [0.25, 0.3) is 0 Å². The molecule has 0 amide bonds. The summed E-state index contributed by atoms with van der Waals surface area (Å²) in [5.41, 5.74) is 0. The second kappa shape index (κ2) is 6.27. The summed E-state index contributed by atoms with van der Waals surface area (Å²) in [5, 5.41) is 17.2. The molecule has 1 rings (SSSR count). The summed E-state index contributed by atoms with van der Waals surface area (Å²) >= 11 is 1.71. The van der Waals surface area contributed by atoms with Gasteiger partial charge in [-0.05, 0) is 25.0 Å². The van der Waals surface area contributed by atoms with Gasteiger partial charge in [-0.2, -0.15) is 11.8 Å². The Morgan fingerprint density at radius 3 is 2.86 bits per heavy atom. The predicted molar refractivity (Wildman–Crippen MR) is 54.6 cm³/mol. The third-order valence-corrected chi connectivity index (χ3v) is 3.32. The second-order valence-corrected chi connectivity index (χ2v) is 4.46. The van der Waals surface area contributed by atoms with Crippen LogP contribution in [-0.4, -0.2) is 46.5 Å². The molecule has 2 unspecified atom stereocenters. The van der Waals surface area contributed by atoms with Crippen molar-refractivity contribution in [2.24, 2.45) is 0 Å². The molecule has 82 valence electrons. The molecule has 5 heteroatoms. The molecule has 0 aromatic carbocycles. The van der Waals surface area contributed by atoms with E-state index in [4.69, 9.17) is 14.9 Å². The van der Waals surface area contributed by atoms with Gasteiger partial charge in [-0.1, -0.05) is 0 Å². The van der Waals surface area contributed by atoms with Crippen LogP contribution in [-0.2, 0) is 9.53 Å². The van der Waals surface area contributed by atoms with Gasteiger partial charge in [-0.15, -0.1) is 0 Å². The van der Waals surface area contributed by atoms with Gasteiger partial charge >= 0.3 is 5.97 Å². The number of hydrogen-bond donors (Lipinski definition) is 2. The van der Waals surface area contributed by atoms with Crippen LogP contribution in [0.2, 0.25) is 0 Å². The first-order valence-corrected chi connectivity index (χ1v) is 5.96. The van der Waals surface area contributed by atoms with Crippen LogP contribution in [0.1, 0.15) is 19.3 Å². The summed E-state index contributed by atoms with van der Waals surface area (Å²) in [5.74, 6) is 0.894. The van der Waals surface area contributed by atoms with E-state index in [1.54, 1.807) is 11.8 Å². The fraction of sp³-hybridized carbons (Fsp3) is 0.889. The van der Waals surface area contributed by atoms with E-state index in [9.17, 15) is 4.79 Å². The van der Waals surface area contributed by atoms with Crippen molar-refractivity contribution in [1.29, 1.82) is 0 Å². The Hall–Kier alpha value is -0.260. The van der Waals surface area contributed by atoms with E-state index in [-0.39, 0.29) is 12.7 Å². The molecule has 1 aliphatic rings. The molecule has 0 bridgehead atoms. The summed E-state index contributed by atoms with van der Waals surface area (Å²) in [4.78, 5) is 10.6. The molecule has 0 spiro atoms. The van der Waals surface area contributed by atoms with E-state index >= 15 is 0 Å². The van der Waals surface area contributed by atoms with Gasteiger partial charge in [0.1, 0.15) is 0 Å². The Balaban J connectivity index is 2.07. The molecule has 2 N–H and O–H groups in total. The molecule has 0 saturated carbocycles. The Morgan fingerprint density at radius 1 is 1.50 bits per heavy atom. The lowest BCUT2D eigenvalue weighted by Gasteiger charge is -2.10. The predicted octanol–water partition coefficient (Wildman–Crippen LogP) is 0.734. The standard InChI is InChI=1S/C9H16O4S/c10-4-1-5-14-6-7-2-3-8(13-7)9(11)12/h7-8,10H,1-6H2,(H,11,12). The topological polar surface area (TPSA) is 66.8 Å². The van der Waals surface area contributed by atoms with Crippen LogP contribution < -0.4 is 0 Å². The number of hydrogen-bond acceptors (Lipinski definition) is 4. The average molecular weight is 220 g/mol. The van der Waals surface area contributed by atoms with Gasteiger partial charge in [0.15, 0.2) is 6.10 Å². The Labute approximate surface area is 87.6 Å². The van der Waals surface area contributed by atoms with E-state index in [0.717, 1.165) is 24.3 Å². The van der Waals surface area contributed by atoms with E-state index in [0.29, 0.717) is 6.42 Å². The maximum atomic E-state index is 10.6. The average Bonchev–Trinajstić information content (AvgIpc) is 2.61. The number of rotatable bonds is 6. The molecule has 0 aromatic rings. The number of carboxylic acid groups (broad SMARTS) is 1. The number of aliphatic hydroxyl groups is 1. The molecular formula is C9H16O4S. The van der Waals surface area contributed by atoms with Gasteiger partial charge in [0.05, 0.1) is 6.10 Å². The minimum absolute atomic E-state index is 0.0831. The lowest BCUT2D eigenvalue weighted by Crippen LogP contribution is -2.21. The van der Waals surface area contributed by atoms with E-state index in [1.165, 1.54) is 0 Å². The summed E-state index contributed by atoms with van der Waals surface area (Å²) in [6, 6.07) is 0. The van der Waals surface area contributed by atoms with E-state index in [2.05, 4.69) is 0 Å². The summed E-state index contributed by atoms with van der Waals surface area (Å²) in [6.07, 6.45) is 1.74. The Bertz CT molecular complexity index is 186. The second-order valence-electron chi connectivity index (χ2n) is 3.31. The zero-order valence-electron chi connectivity index (χ0n) is 8.02. The molecule has 1 fully saturated rings. The molecule has 0 aromatic heterocycles. The summed E-state index contributed by atoms with van der Waals surface area (Å²) in [6.45, 7) is 0.219. The van der Waals surface area contributed by atoms with Crippen LogP contribution >= 0.6 is 11.8 Å². The number of carbonyl (C=O) groups is 1. The lowest BCUT2D eigenvalue weighted by atomic mass is 10.2. The van der Waals surface area contributed by atoms with E-state index < -0.39 is 12.1 Å². The monoisotopic (exact) mass is 220 g/mol. The summed E-state index contributed by atoms with van der Waals surface area (Å²) < 4.78 is 5.32. The van der Waals surface area contributed by atoms with Crippen molar-refractivity contribution in [3.63, 3.8) is 0 Å². The van der Waals surface area contributed by atoms with Crippen LogP contribution in [0.5, 0.6) is 0 Å². The first-order valence-electron chi connectivity index (χ1n) is 4.81. The quantitative estimate of drug-likeness (QED) is 0.646. The van der Waals surface area contributed by atoms with Crippen molar-refractivity contribution in [2.45, 2.75) is 31.5 Å². The fourth-order valence-electron chi connectivity index (χ4n) is 1.39. The van der Waals surface area contributed by atoms with Crippen molar-refractivity contribution >= 4 is 17.7 Å². The highest BCUT2D eigenvalue weighted by Gasteiger charge is 2.29. The number of aliphatic hydroxyl groups excluding tert-OH is 1. The molecule has 1 heterocycles. The van der Waals surface area contributed by atoms with Crippen molar-refractivity contribution in [3.05, 3.63) is 0 Å². The van der Waals surface area contributed by atoms with Crippen molar-refractivity contribution in [3.8, 4) is 0 Å². The summed E-state index contributed by atoms with van der Waals surface area (Å²) in [7, 11) is 0. The Kier molecular flexibility index (Phi) is 5.29. The van der Waals surface area contributed by atoms with Crippen LogP contribution in [0.3, 0.4) is 0 Å². The van der Waals surface area contributed by atoms with Crippen LogP contribution in [0.4, 0.5) is 0 Å². The van der Waals surface area contributed by atoms with Gasteiger partial charge in [0.25, 0.3) is 0 Å². The molecule has 0 aliphatic carbocycles. The first-order chi connectivity index (χ1) is 6.74. The molecule has 2 atom stereocenters. The molecular weight excluding hydrogens is 204 g/mol. The Morgan fingerprint density at radius 2 is 2.29 bits per heavy atom. The smallest absolute Gasteiger partial charge is 0.332 e. The van der Waals surface area contributed by atoms with Gasteiger partial charge in [-0.3, -0.25) is 0 Å². The SMILES string of the molecule is O=C(O)C1CCC(CSCCCO)O1. The number of ether oxygens (including phenoxy) is 1. The first kappa shape index (κ1) is 11.8. The zero-order chi connectivity index (χ0) is 10.4. The van der Waals surface area contributed by atoms with Crippen LogP contribution in [0.15, 0.2) is 0 Å². The van der Waals surface area contributed by atoms with E-state index in [1.807, 2.05) is 0 Å². The molecule has 4 nitrogen and oxygen atoms in total. The number of thioether (sulfide) groups is 1. The molecule has 14 heavy (non-hydrogen) atoms. The lowest BCUT2D eigenvalue weighted by molar-refractivity contribution is -0.148. The van der Waals surface area contributed by atoms with Crippen molar-refractivity contribution in [1.82, 2.24) is 0 Å². The maximum Gasteiger partial charge on any atom is 0.332 e. The highest BCUT2D eigenvalue weighted by atomic mass is 32.2. The highest BCUT2D eigenvalue weighted by Crippen LogP contribution is 2.23. The van der Waals surface area contributed by atoms with Crippen molar-refractivity contribution < 1.29 is 19.7 Å². The number of carboxylic acids is 1. The van der Waals surface area contributed by atoms with Gasteiger partial charge in [0.2, 0.25) is 0 Å². The van der Waals surface area contributed by atoms with Crippen LogP contribution in [0, 0.1) is 0 Å². The minimum Gasteiger partial charge on any atom is -0.479 e. The normalized spacial score (nSPS) is 26.6. The zero-order valence-corrected chi connectivity index (χ0v) is 8.83. The number of aliphatic carboxylic acids is 1. The largest absolute Gasteiger partial charge is 0.479 e. The fourth-order valence-corrected chi connectivity index (χ4v) is 2.40.